The van der Waals surface area contributed by atoms with E-state index in [2.05, 4.69) is 56.6 Å². The summed E-state index contributed by atoms with van der Waals surface area (Å²) in [4.78, 5) is 141. The number of nitrogens with one attached hydrogen (secondary N) is 8. The van der Waals surface area contributed by atoms with E-state index in [-0.39, 0.29) is 79.6 Å². The lowest BCUT2D eigenvalue weighted by Crippen LogP contribution is -2.48. The molecule has 2 aromatic heterocycles. The van der Waals surface area contributed by atoms with Crippen molar-refractivity contribution in [2.24, 2.45) is 0 Å². The van der Waals surface area contributed by atoms with Crippen LogP contribution >= 0.6 is 0 Å². The molecule has 0 spiro atoms. The van der Waals surface area contributed by atoms with E-state index in [0.717, 1.165) is 18.5 Å². The predicted octanol–water partition coefficient (Wildman–Crippen LogP) is 1.04. The Kier molecular flexibility index (Phi) is 44.9. The number of H-pyrrole nitrogens is 1. The molecule has 4 aromatic rings. The number of carbonyl (C=O) groups is 11. The number of rotatable bonds is 47. The SMILES string of the molecule is CCN1CCN(CC(=O)O)CCN(CC(=O)O)CCN(CC(=O)O)CC1.COCCNC(=O)CC[C@@H](NC(C)=O)C(=O)NCCCOCCOCCOCCCNC(=O)CCCOc1cc(C)c(S(=O)(=O)N[C@@H](CNC(=O)c2ccc3c(cnn3CCCNc3ncc[nH]3)c2)C(=O)O)c(C)c1.O=C(C(=O)C(F)(F)F)C(F)(F)F. The van der Waals surface area contributed by atoms with Crippen molar-refractivity contribution in [3.63, 3.8) is 0 Å². The molecule has 0 saturated carbocycles. The van der Waals surface area contributed by atoms with Crippen LogP contribution in [0.2, 0.25) is 0 Å². The first-order valence-corrected chi connectivity index (χ1v) is 37.5. The highest BCUT2D eigenvalue weighted by molar-refractivity contribution is 7.89. The van der Waals surface area contributed by atoms with Gasteiger partial charge >= 0.3 is 47.8 Å². The molecule has 0 unspecified atom stereocenters. The maximum absolute atomic E-state index is 13.5. The van der Waals surface area contributed by atoms with Crippen LogP contribution in [0.25, 0.3) is 10.9 Å². The van der Waals surface area contributed by atoms with Gasteiger partial charge in [0.1, 0.15) is 17.8 Å². The van der Waals surface area contributed by atoms with E-state index in [1.165, 1.54) is 26.2 Å². The van der Waals surface area contributed by atoms with Gasteiger partial charge in [-0.2, -0.15) is 36.2 Å². The van der Waals surface area contributed by atoms with E-state index in [0.29, 0.717) is 179 Å². The molecule has 0 aliphatic carbocycles. The molecule has 634 valence electrons. The minimum Gasteiger partial charge on any atom is -0.494 e. The highest BCUT2D eigenvalue weighted by atomic mass is 32.2. The second-order valence-corrected chi connectivity index (χ2v) is 27.0. The molecular weight excluding hydrogens is 1540 g/mol. The fraction of sp³-hybridized carbons (Fsp3) is 0.609. The van der Waals surface area contributed by atoms with Crippen LogP contribution in [0.5, 0.6) is 5.75 Å². The summed E-state index contributed by atoms with van der Waals surface area (Å²) in [6.45, 7) is 15.9. The largest absolute Gasteiger partial charge is 0.494 e. The Bertz CT molecular complexity index is 3710. The van der Waals surface area contributed by atoms with Crippen molar-refractivity contribution in [1.82, 2.24) is 70.7 Å². The van der Waals surface area contributed by atoms with E-state index in [1.807, 2.05) is 21.4 Å². The van der Waals surface area contributed by atoms with Crippen molar-refractivity contribution >= 4 is 91.9 Å². The number of Topliss-reactive ketones (excluding diaryl/α,β-unsaturated/α-hetero) is 2. The van der Waals surface area contributed by atoms with Gasteiger partial charge in [-0.15, -0.1) is 0 Å². The monoisotopic (exact) mass is 1640 g/mol. The number of sulfonamides is 1. The fourth-order valence-electron chi connectivity index (χ4n) is 10.7. The molecule has 37 nitrogen and oxygen atoms in total. The average molecular weight is 1640 g/mol. The van der Waals surface area contributed by atoms with Crippen molar-refractivity contribution in [1.29, 1.82) is 0 Å². The zero-order chi connectivity index (χ0) is 84.1. The van der Waals surface area contributed by atoms with Crippen LogP contribution in [-0.2, 0) is 83.5 Å². The zero-order valence-electron chi connectivity index (χ0n) is 63.6. The average Bonchev–Trinajstić information content (AvgIpc) is 1.21. The van der Waals surface area contributed by atoms with Gasteiger partial charge in [-0.05, 0) is 94.0 Å². The molecule has 0 radical (unpaired) electrons. The van der Waals surface area contributed by atoms with Gasteiger partial charge in [-0.1, -0.05) is 6.92 Å². The Morgan fingerprint density at radius 2 is 1.12 bits per heavy atom. The van der Waals surface area contributed by atoms with Crippen LogP contribution in [0.4, 0.5) is 32.3 Å². The quantitative estimate of drug-likeness (QED) is 0.0167. The summed E-state index contributed by atoms with van der Waals surface area (Å²) < 4.78 is 125. The first kappa shape index (κ1) is 97.7. The first-order valence-electron chi connectivity index (χ1n) is 36.0. The highest BCUT2D eigenvalue weighted by Crippen LogP contribution is 2.27. The number of amides is 5. The number of nitrogens with zero attached hydrogens (tertiary/aromatic N) is 7. The second kappa shape index (κ2) is 52.0. The highest BCUT2D eigenvalue weighted by Gasteiger charge is 2.54. The number of fused-ring (bicyclic) bond motifs is 1. The van der Waals surface area contributed by atoms with Crippen LogP contribution in [0, 0.1) is 13.8 Å². The number of likely N-dealkylation sites (N-methyl/N-ethyl adjacent to an activating group) is 1. The van der Waals surface area contributed by atoms with Crippen molar-refractivity contribution in [2.75, 3.05) is 177 Å². The topological polar surface area (TPSA) is 493 Å². The molecule has 0 bridgehead atoms. The number of aryl methyl sites for hydroxylation is 3. The van der Waals surface area contributed by atoms with E-state index >= 15 is 0 Å². The molecule has 5 rings (SSSR count). The summed E-state index contributed by atoms with van der Waals surface area (Å²) in [7, 11) is -2.84. The summed E-state index contributed by atoms with van der Waals surface area (Å²) in [5.74, 6) is -11.7. The minimum absolute atomic E-state index is 0.0795. The van der Waals surface area contributed by atoms with Crippen molar-refractivity contribution in [3.05, 3.63) is 65.6 Å². The number of aromatic nitrogens is 4. The Morgan fingerprint density at radius 1 is 0.611 bits per heavy atom. The van der Waals surface area contributed by atoms with Gasteiger partial charge in [-0.3, -0.25) is 72.1 Å². The molecule has 2 aromatic carbocycles. The maximum atomic E-state index is 13.5. The van der Waals surface area contributed by atoms with Gasteiger partial charge < -0.3 is 85.9 Å². The summed E-state index contributed by atoms with van der Waals surface area (Å²) in [5.41, 5.74) is 1.69. The van der Waals surface area contributed by atoms with E-state index in [9.17, 15) is 92.6 Å². The number of aliphatic carboxylic acids is 4. The molecule has 1 aliphatic rings. The Hall–Kier alpha value is -9.54. The van der Waals surface area contributed by atoms with E-state index in [4.69, 9.17) is 39.0 Å². The van der Waals surface area contributed by atoms with Crippen molar-refractivity contribution in [3.8, 4) is 5.75 Å². The Labute approximate surface area is 648 Å². The standard InChI is InChI=1S/C49H73N11O14S.C16H30N4O6.C4F6O2/c1-34-29-39(74-23-5-9-43(62)50-15-7-21-71-25-27-73-28-26-72-22-8-16-52-47(65)40(58-36(3)61)11-13-44(63)51-19-24-70-4)30-35(2)45(34)75(68,69)59-41(48(66)67)33-56-46(64)37-10-12-42-38(31-37)32-57-60(42)20-6-14-53-49-54-17-18-55-49;1-2-17-3-5-18(11-14(21)22)7-9-20(13-16(25)26)10-8-19(6-4-17)12-15(23)24;5-3(6,7)1(11)2(12)4(8,9)10/h10,12,17-18,29-32,40-41,59H,5-9,11,13-16,19-28,33H2,1-4H3,(H,50,62)(H,51,63)(H,52,65)(H,56,64)(H,58,61)(H,66,67)(H2,53,54,55);2-13H2,1H3,(H,21,22)(H,23,24)(H,25,26);/t40-,41+;;/m1../s1. The van der Waals surface area contributed by atoms with Gasteiger partial charge in [0.15, 0.2) is 5.95 Å². The van der Waals surface area contributed by atoms with Crippen LogP contribution in [0.1, 0.15) is 80.3 Å². The number of ether oxygens (including phenoxy) is 5. The third-order valence-electron chi connectivity index (χ3n) is 16.3. The number of alkyl halides is 6. The summed E-state index contributed by atoms with van der Waals surface area (Å²) in [6, 6.07) is 5.53. The number of ketones is 2. The number of methoxy groups -OCH3 is 1. The second-order valence-electron chi connectivity index (χ2n) is 25.3. The van der Waals surface area contributed by atoms with Gasteiger partial charge in [-0.25, -0.2) is 13.4 Å². The molecule has 1 saturated heterocycles. The first-order chi connectivity index (χ1) is 53.4. The zero-order valence-corrected chi connectivity index (χ0v) is 64.4. The number of anilines is 1. The summed E-state index contributed by atoms with van der Waals surface area (Å²) in [5, 5.41) is 58.8. The molecule has 2 atom stereocenters. The van der Waals surface area contributed by atoms with Gasteiger partial charge in [0.25, 0.3) is 5.91 Å². The predicted molar refractivity (Wildman–Crippen MR) is 392 cm³/mol. The molecule has 3 heterocycles. The smallest absolute Gasteiger partial charge is 0.458 e. The minimum atomic E-state index is -5.77. The number of halogens is 6. The van der Waals surface area contributed by atoms with Gasteiger partial charge in [0, 0.05) is 155 Å². The summed E-state index contributed by atoms with van der Waals surface area (Å²) in [6.07, 6.45) is -3.77. The number of imidazole rings is 1. The molecule has 12 N–H and O–H groups in total. The number of hydrogen-bond acceptors (Lipinski definition) is 25. The molecular formula is C69H103F6N15O22S. The lowest BCUT2D eigenvalue weighted by atomic mass is 10.1. The van der Waals surface area contributed by atoms with E-state index in [1.54, 1.807) is 55.5 Å². The number of carboxylic acid groups (broad SMARTS) is 4. The van der Waals surface area contributed by atoms with Crippen LogP contribution in [0.3, 0.4) is 0 Å². The third kappa shape index (κ3) is 40.7. The van der Waals surface area contributed by atoms with Gasteiger partial charge in [0.2, 0.25) is 33.7 Å². The number of carbonyl (C=O) groups excluding carboxylic acids is 7. The Morgan fingerprint density at radius 3 is 1.61 bits per heavy atom. The van der Waals surface area contributed by atoms with E-state index < -0.39 is 82.4 Å². The molecule has 44 heteroatoms. The lowest BCUT2D eigenvalue weighted by Gasteiger charge is -2.32. The molecule has 1 fully saturated rings. The molecule has 5 amide bonds. The number of aromatic amines is 1. The molecule has 113 heavy (non-hydrogen) atoms. The van der Waals surface area contributed by atoms with Gasteiger partial charge in [0.05, 0.1) is 75.9 Å². The van der Waals surface area contributed by atoms with Crippen LogP contribution < -0.4 is 41.4 Å². The number of hydrogen-bond donors (Lipinski definition) is 12. The number of benzene rings is 2. The van der Waals surface area contributed by atoms with Crippen LogP contribution in [0.15, 0.2) is 53.8 Å². The third-order valence-corrected chi connectivity index (χ3v) is 18.1. The van der Waals surface area contributed by atoms with Crippen molar-refractivity contribution in [2.45, 2.75) is 109 Å². The lowest BCUT2D eigenvalue weighted by molar-refractivity contribution is -0.193. The summed E-state index contributed by atoms with van der Waals surface area (Å²) >= 11 is 0. The van der Waals surface area contributed by atoms with Crippen LogP contribution in [-0.4, -0.2) is 329 Å². The molecule has 1 aliphatic heterocycles. The fourth-order valence-corrected chi connectivity index (χ4v) is 12.3. The number of carboxylic acids is 4. The maximum Gasteiger partial charge on any atom is 0.458 e. The van der Waals surface area contributed by atoms with Crippen molar-refractivity contribution < 1.29 is 132 Å². The normalized spacial score (nSPS) is 14.1. The Balaban J connectivity index is 0.000000707.